The van der Waals surface area contributed by atoms with Gasteiger partial charge in [-0.05, 0) is 68.5 Å². The Kier molecular flexibility index (Phi) is 4.64. The zero-order valence-electron chi connectivity index (χ0n) is 15.6. The number of nitrogens with zero attached hydrogens (tertiary/aromatic N) is 1. The number of H-pyrrole nitrogens is 1. The lowest BCUT2D eigenvalue weighted by atomic mass is 9.84. The normalized spacial score (nSPS) is 16.2. The number of hydrogen-bond donors (Lipinski definition) is 1. The van der Waals surface area contributed by atoms with E-state index in [1.54, 1.807) is 5.56 Å². The minimum absolute atomic E-state index is 0.654. The maximum Gasteiger partial charge on any atom is 0.166 e. The molecule has 4 rings (SSSR count). The Bertz CT molecular complexity index is 912. The van der Waals surface area contributed by atoms with Crippen LogP contribution in [0.5, 0.6) is 0 Å². The molecule has 0 amide bonds. The monoisotopic (exact) mass is 346 g/mol. The number of hydrogen-bond acceptors (Lipinski definition) is 2. The number of nitrogens with one attached hydrogen (secondary N) is 1. The van der Waals surface area contributed by atoms with E-state index in [0.29, 0.717) is 5.92 Å². The molecule has 0 radical (unpaired) electrons. The summed E-state index contributed by atoms with van der Waals surface area (Å²) in [6.45, 7) is 7.47. The highest BCUT2D eigenvalue weighted by Gasteiger charge is 2.24. The van der Waals surface area contributed by atoms with Crippen LogP contribution in [-0.4, -0.2) is 29.3 Å². The largest absolute Gasteiger partial charge is 0.352 e. The van der Waals surface area contributed by atoms with E-state index in [1.807, 2.05) is 18.2 Å². The maximum absolute atomic E-state index is 11.5. The van der Waals surface area contributed by atoms with E-state index in [4.69, 9.17) is 0 Å². The van der Waals surface area contributed by atoms with Gasteiger partial charge in [-0.25, -0.2) is 0 Å². The molecular weight excluding hydrogens is 320 g/mol. The maximum atomic E-state index is 11.5. The summed E-state index contributed by atoms with van der Waals surface area (Å²) >= 11 is 0. The molecule has 1 saturated heterocycles. The average molecular weight is 346 g/mol. The molecule has 0 atom stereocenters. The lowest BCUT2D eigenvalue weighted by Crippen LogP contribution is -2.33. The van der Waals surface area contributed by atoms with Crippen molar-refractivity contribution in [3.8, 4) is 0 Å². The van der Waals surface area contributed by atoms with Crippen molar-refractivity contribution in [2.24, 2.45) is 0 Å². The first-order valence-electron chi connectivity index (χ1n) is 9.50. The summed E-state index contributed by atoms with van der Waals surface area (Å²) in [6.07, 6.45) is 3.33. The van der Waals surface area contributed by atoms with Gasteiger partial charge in [0.05, 0.1) is 5.69 Å². The Balaban J connectivity index is 1.50. The van der Waals surface area contributed by atoms with Gasteiger partial charge >= 0.3 is 0 Å². The number of carbonyl (C=O) groups excluding carboxylic acids is 1. The van der Waals surface area contributed by atoms with Crippen LogP contribution in [-0.2, 0) is 6.54 Å². The van der Waals surface area contributed by atoms with Crippen LogP contribution in [0.1, 0.15) is 51.5 Å². The van der Waals surface area contributed by atoms with Crippen molar-refractivity contribution in [3.05, 3.63) is 70.4 Å². The molecule has 0 bridgehead atoms. The van der Waals surface area contributed by atoms with Crippen LogP contribution in [0.3, 0.4) is 0 Å². The third kappa shape index (κ3) is 3.08. The van der Waals surface area contributed by atoms with E-state index < -0.39 is 0 Å². The molecular formula is C23H26N2O. The minimum Gasteiger partial charge on any atom is -0.352 e. The lowest BCUT2D eigenvalue weighted by Gasteiger charge is -2.33. The van der Waals surface area contributed by atoms with E-state index in [2.05, 4.69) is 48.0 Å². The number of rotatable bonds is 4. The van der Waals surface area contributed by atoms with Crippen LogP contribution in [0, 0.1) is 13.8 Å². The first-order valence-corrected chi connectivity index (χ1v) is 9.50. The van der Waals surface area contributed by atoms with Gasteiger partial charge < -0.3 is 4.98 Å². The van der Waals surface area contributed by atoms with E-state index in [9.17, 15) is 4.79 Å². The van der Waals surface area contributed by atoms with E-state index >= 15 is 0 Å². The van der Waals surface area contributed by atoms with Gasteiger partial charge in [0.25, 0.3) is 0 Å². The molecule has 0 saturated carbocycles. The van der Waals surface area contributed by atoms with Gasteiger partial charge in [-0.3, -0.25) is 9.69 Å². The predicted molar refractivity (Wildman–Crippen MR) is 107 cm³/mol. The number of aromatic nitrogens is 1. The highest BCUT2D eigenvalue weighted by atomic mass is 16.1. The molecule has 2 heterocycles. The Hall–Kier alpha value is -2.39. The third-order valence-corrected chi connectivity index (χ3v) is 5.88. The second-order valence-corrected chi connectivity index (χ2v) is 7.54. The standard InChI is InChI=1S/C23H26N2O/c1-16-6-5-7-17(2)23(16)18-10-12-25(13-11-18)14-20-19-8-3-4-9-21(19)24-22(20)15-26/h3-9,15,18,24H,10-14H2,1-2H3. The molecule has 134 valence electrons. The van der Waals surface area contributed by atoms with E-state index in [0.717, 1.165) is 42.7 Å². The van der Waals surface area contributed by atoms with Gasteiger partial charge in [0.2, 0.25) is 0 Å². The van der Waals surface area contributed by atoms with E-state index in [1.165, 1.54) is 29.4 Å². The highest BCUT2D eigenvalue weighted by molar-refractivity contribution is 5.92. The summed E-state index contributed by atoms with van der Waals surface area (Å²) in [5.74, 6) is 0.654. The summed E-state index contributed by atoms with van der Waals surface area (Å²) in [5, 5.41) is 1.17. The molecule has 1 aliphatic rings. The molecule has 3 aromatic rings. The van der Waals surface area contributed by atoms with Crippen molar-refractivity contribution >= 4 is 17.2 Å². The Morgan fingerprint density at radius 3 is 2.42 bits per heavy atom. The number of benzene rings is 2. The van der Waals surface area contributed by atoms with Crippen molar-refractivity contribution < 1.29 is 4.79 Å². The molecule has 2 aromatic carbocycles. The van der Waals surface area contributed by atoms with Gasteiger partial charge in [-0.2, -0.15) is 0 Å². The van der Waals surface area contributed by atoms with Crippen LogP contribution in [0.25, 0.3) is 10.9 Å². The fourth-order valence-corrected chi connectivity index (χ4v) is 4.57. The summed E-state index contributed by atoms with van der Waals surface area (Å²) in [6, 6.07) is 14.8. The minimum atomic E-state index is 0.654. The van der Waals surface area contributed by atoms with Crippen LogP contribution >= 0.6 is 0 Å². The number of fused-ring (bicyclic) bond motifs is 1. The number of piperidine rings is 1. The second-order valence-electron chi connectivity index (χ2n) is 7.54. The Morgan fingerprint density at radius 2 is 1.73 bits per heavy atom. The quantitative estimate of drug-likeness (QED) is 0.677. The highest BCUT2D eigenvalue weighted by Crippen LogP contribution is 2.33. The molecule has 1 aliphatic heterocycles. The summed E-state index contributed by atoms with van der Waals surface area (Å²) in [4.78, 5) is 17.3. The summed E-state index contributed by atoms with van der Waals surface area (Å²) in [5.41, 5.74) is 7.30. The number of carbonyl (C=O) groups is 1. The van der Waals surface area contributed by atoms with Gasteiger partial charge in [0, 0.05) is 23.0 Å². The Morgan fingerprint density at radius 1 is 1.04 bits per heavy atom. The van der Waals surface area contributed by atoms with Gasteiger partial charge in [0.15, 0.2) is 6.29 Å². The number of aldehydes is 1. The van der Waals surface area contributed by atoms with Gasteiger partial charge in [-0.15, -0.1) is 0 Å². The fourth-order valence-electron chi connectivity index (χ4n) is 4.57. The van der Waals surface area contributed by atoms with Crippen molar-refractivity contribution in [1.82, 2.24) is 9.88 Å². The topological polar surface area (TPSA) is 36.1 Å². The molecule has 1 fully saturated rings. The van der Waals surface area contributed by atoms with Crippen molar-refractivity contribution in [1.29, 1.82) is 0 Å². The molecule has 26 heavy (non-hydrogen) atoms. The first kappa shape index (κ1) is 17.0. The van der Waals surface area contributed by atoms with Crippen LogP contribution in [0.2, 0.25) is 0 Å². The van der Waals surface area contributed by atoms with E-state index in [-0.39, 0.29) is 0 Å². The van der Waals surface area contributed by atoms with Gasteiger partial charge in [0.1, 0.15) is 0 Å². The van der Waals surface area contributed by atoms with Crippen molar-refractivity contribution in [2.45, 2.75) is 39.2 Å². The predicted octanol–water partition coefficient (Wildman–Crippen LogP) is 4.98. The van der Waals surface area contributed by atoms with Crippen LogP contribution in [0.4, 0.5) is 0 Å². The molecule has 0 spiro atoms. The summed E-state index contributed by atoms with van der Waals surface area (Å²) < 4.78 is 0. The second kappa shape index (κ2) is 7.08. The summed E-state index contributed by atoms with van der Waals surface area (Å²) in [7, 11) is 0. The molecule has 0 unspecified atom stereocenters. The Labute approximate surface area is 155 Å². The molecule has 1 aromatic heterocycles. The van der Waals surface area contributed by atoms with Gasteiger partial charge in [-0.1, -0.05) is 36.4 Å². The van der Waals surface area contributed by atoms with Crippen molar-refractivity contribution in [3.63, 3.8) is 0 Å². The average Bonchev–Trinajstić information content (AvgIpc) is 3.01. The molecule has 0 aliphatic carbocycles. The number of aryl methyl sites for hydroxylation is 2. The molecule has 3 nitrogen and oxygen atoms in total. The third-order valence-electron chi connectivity index (χ3n) is 5.88. The fraction of sp³-hybridized carbons (Fsp3) is 0.348. The SMILES string of the molecule is Cc1cccc(C)c1C1CCN(Cc2c(C=O)[nH]c3ccccc23)CC1. The van der Waals surface area contributed by atoms with Crippen LogP contribution < -0.4 is 0 Å². The van der Waals surface area contributed by atoms with Crippen molar-refractivity contribution in [2.75, 3.05) is 13.1 Å². The lowest BCUT2D eigenvalue weighted by molar-refractivity contribution is 0.111. The number of para-hydroxylation sites is 1. The number of likely N-dealkylation sites (tertiary alicyclic amines) is 1. The molecule has 1 N–H and O–H groups in total. The van der Waals surface area contributed by atoms with Crippen LogP contribution in [0.15, 0.2) is 42.5 Å². The zero-order valence-corrected chi connectivity index (χ0v) is 15.6. The number of aromatic amines is 1. The smallest absolute Gasteiger partial charge is 0.166 e. The molecule has 3 heteroatoms. The first-order chi connectivity index (χ1) is 12.7. The zero-order chi connectivity index (χ0) is 18.1.